The molecule has 0 aliphatic carbocycles. The molecular weight excluding hydrogens is 246 g/mol. The molecule has 0 amide bonds. The number of nitrogens with zero attached hydrogens (tertiary/aromatic N) is 1. The van der Waals surface area contributed by atoms with Gasteiger partial charge in [-0.05, 0) is 62.2 Å². The molecule has 1 N–H and O–H groups in total. The second kappa shape index (κ2) is 7.24. The van der Waals surface area contributed by atoms with Gasteiger partial charge in [-0.2, -0.15) is 0 Å². The molecule has 0 saturated carbocycles. The van der Waals surface area contributed by atoms with Crippen LogP contribution >= 0.6 is 0 Å². The van der Waals surface area contributed by atoms with Crippen molar-refractivity contribution in [1.82, 2.24) is 4.90 Å². The lowest BCUT2D eigenvalue weighted by Gasteiger charge is -2.34. The fourth-order valence-electron chi connectivity index (χ4n) is 3.15. The second-order valence-electron chi connectivity index (χ2n) is 6.80. The molecule has 1 saturated heterocycles. The van der Waals surface area contributed by atoms with Crippen molar-refractivity contribution < 1.29 is 5.11 Å². The number of likely N-dealkylation sites (tertiary alicyclic amines) is 1. The van der Waals surface area contributed by atoms with Crippen molar-refractivity contribution in [1.29, 1.82) is 0 Å². The van der Waals surface area contributed by atoms with Gasteiger partial charge >= 0.3 is 0 Å². The van der Waals surface area contributed by atoms with Crippen LogP contribution in [0.25, 0.3) is 0 Å². The lowest BCUT2D eigenvalue weighted by molar-refractivity contribution is 0.151. The summed E-state index contributed by atoms with van der Waals surface area (Å²) in [5.74, 6) is 0.749. The van der Waals surface area contributed by atoms with Crippen LogP contribution in [0.5, 0.6) is 0 Å². The number of hydrogen-bond acceptors (Lipinski definition) is 2. The molecule has 1 aromatic carbocycles. The molecule has 1 heterocycles. The number of aliphatic hydroxyl groups excluding tert-OH is 1. The zero-order chi connectivity index (χ0) is 14.4. The van der Waals surface area contributed by atoms with Crippen LogP contribution in [0.1, 0.15) is 45.1 Å². The van der Waals surface area contributed by atoms with E-state index in [0.29, 0.717) is 6.61 Å². The molecule has 0 aromatic heterocycles. The highest BCUT2D eigenvalue weighted by atomic mass is 16.3. The Kier molecular flexibility index (Phi) is 5.62. The Bertz CT molecular complexity index is 380. The summed E-state index contributed by atoms with van der Waals surface area (Å²) in [5, 5.41) is 9.01. The first-order chi connectivity index (χ1) is 9.62. The van der Waals surface area contributed by atoms with E-state index < -0.39 is 0 Å². The van der Waals surface area contributed by atoms with Gasteiger partial charge in [-0.1, -0.05) is 44.2 Å². The van der Waals surface area contributed by atoms with E-state index in [0.717, 1.165) is 12.3 Å². The van der Waals surface area contributed by atoms with Crippen molar-refractivity contribution in [3.8, 4) is 0 Å². The number of benzene rings is 1. The highest BCUT2D eigenvalue weighted by Gasteiger charge is 2.23. The predicted molar refractivity (Wildman–Crippen MR) is 85.0 cm³/mol. The lowest BCUT2D eigenvalue weighted by Crippen LogP contribution is -2.36. The minimum atomic E-state index is 0.253. The molecule has 112 valence electrons. The number of hydrogen-bond donors (Lipinski definition) is 1. The van der Waals surface area contributed by atoms with Gasteiger partial charge < -0.3 is 10.0 Å². The molecule has 0 radical (unpaired) electrons. The van der Waals surface area contributed by atoms with E-state index in [1.807, 2.05) is 0 Å². The Morgan fingerprint density at radius 2 is 1.80 bits per heavy atom. The summed E-state index contributed by atoms with van der Waals surface area (Å²) in [6.07, 6.45) is 4.71. The van der Waals surface area contributed by atoms with Crippen molar-refractivity contribution in [3.63, 3.8) is 0 Å². The Labute approximate surface area is 123 Å². The van der Waals surface area contributed by atoms with Crippen molar-refractivity contribution in [2.45, 2.75) is 44.9 Å². The SMILES string of the molecule is CC(C)(CCN1CCC(CCO)CC1)c1ccccc1. The molecule has 2 heteroatoms. The van der Waals surface area contributed by atoms with E-state index in [1.165, 1.54) is 44.5 Å². The smallest absolute Gasteiger partial charge is 0.0433 e. The molecule has 0 atom stereocenters. The first kappa shape index (κ1) is 15.5. The quantitative estimate of drug-likeness (QED) is 0.859. The summed E-state index contributed by atoms with van der Waals surface area (Å²) in [5.41, 5.74) is 1.69. The van der Waals surface area contributed by atoms with Crippen molar-refractivity contribution >= 4 is 0 Å². The number of rotatable bonds is 6. The fourth-order valence-corrected chi connectivity index (χ4v) is 3.15. The van der Waals surface area contributed by atoms with E-state index in [4.69, 9.17) is 5.11 Å². The minimum absolute atomic E-state index is 0.253. The maximum Gasteiger partial charge on any atom is 0.0433 e. The lowest BCUT2D eigenvalue weighted by atomic mass is 9.81. The predicted octanol–water partition coefficient (Wildman–Crippen LogP) is 3.45. The van der Waals surface area contributed by atoms with Crippen LogP contribution in [0.4, 0.5) is 0 Å². The van der Waals surface area contributed by atoms with E-state index >= 15 is 0 Å². The van der Waals surface area contributed by atoms with Gasteiger partial charge in [0.05, 0.1) is 0 Å². The van der Waals surface area contributed by atoms with Crippen molar-refractivity contribution in [2.75, 3.05) is 26.2 Å². The fraction of sp³-hybridized carbons (Fsp3) is 0.667. The Morgan fingerprint density at radius 3 is 2.40 bits per heavy atom. The Balaban J connectivity index is 1.78. The third-order valence-electron chi connectivity index (χ3n) is 4.85. The normalized spacial score (nSPS) is 18.4. The van der Waals surface area contributed by atoms with Crippen LogP contribution < -0.4 is 0 Å². The summed E-state index contributed by atoms with van der Waals surface area (Å²) in [6, 6.07) is 10.8. The summed E-state index contributed by atoms with van der Waals surface area (Å²) in [6.45, 7) is 8.65. The zero-order valence-electron chi connectivity index (χ0n) is 13.0. The topological polar surface area (TPSA) is 23.5 Å². The van der Waals surface area contributed by atoms with Gasteiger partial charge in [-0.25, -0.2) is 0 Å². The monoisotopic (exact) mass is 275 g/mol. The molecule has 0 spiro atoms. The zero-order valence-corrected chi connectivity index (χ0v) is 13.0. The van der Waals surface area contributed by atoms with Crippen LogP contribution in [0, 0.1) is 5.92 Å². The number of piperidine rings is 1. The number of aliphatic hydroxyl groups is 1. The van der Waals surface area contributed by atoms with Crippen LogP contribution in [0.15, 0.2) is 30.3 Å². The van der Waals surface area contributed by atoms with Gasteiger partial charge in [0.25, 0.3) is 0 Å². The molecule has 1 aliphatic heterocycles. The summed E-state index contributed by atoms with van der Waals surface area (Å²) in [4.78, 5) is 2.60. The van der Waals surface area contributed by atoms with Crippen LogP contribution in [-0.4, -0.2) is 36.2 Å². The van der Waals surface area contributed by atoms with Gasteiger partial charge in [-0.3, -0.25) is 0 Å². The van der Waals surface area contributed by atoms with Crippen molar-refractivity contribution in [2.24, 2.45) is 5.92 Å². The molecule has 1 aromatic rings. The molecule has 2 rings (SSSR count). The van der Waals surface area contributed by atoms with Gasteiger partial charge in [-0.15, -0.1) is 0 Å². The van der Waals surface area contributed by atoms with Crippen LogP contribution in [-0.2, 0) is 5.41 Å². The molecule has 0 unspecified atom stereocenters. The largest absolute Gasteiger partial charge is 0.396 e. The van der Waals surface area contributed by atoms with Crippen LogP contribution in [0.3, 0.4) is 0 Å². The summed E-state index contributed by atoms with van der Waals surface area (Å²) >= 11 is 0. The molecule has 1 aliphatic rings. The van der Waals surface area contributed by atoms with Gasteiger partial charge in [0.15, 0.2) is 0 Å². The second-order valence-corrected chi connectivity index (χ2v) is 6.80. The first-order valence-electron chi connectivity index (χ1n) is 8.00. The summed E-state index contributed by atoms with van der Waals surface area (Å²) < 4.78 is 0. The van der Waals surface area contributed by atoms with E-state index in [2.05, 4.69) is 49.1 Å². The Morgan fingerprint density at radius 1 is 1.15 bits per heavy atom. The first-order valence-corrected chi connectivity index (χ1v) is 8.00. The average Bonchev–Trinajstić information content (AvgIpc) is 2.48. The molecular formula is C18H29NO. The standard InChI is InChI=1S/C18H29NO/c1-18(2,17-6-4-3-5-7-17)11-14-19-12-8-16(9-13-19)10-15-20/h3-7,16,20H,8-15H2,1-2H3. The third kappa shape index (κ3) is 4.32. The Hall–Kier alpha value is -0.860. The van der Waals surface area contributed by atoms with Gasteiger partial charge in [0, 0.05) is 6.61 Å². The van der Waals surface area contributed by atoms with E-state index in [1.54, 1.807) is 0 Å². The maximum absolute atomic E-state index is 9.01. The van der Waals surface area contributed by atoms with Crippen LogP contribution in [0.2, 0.25) is 0 Å². The third-order valence-corrected chi connectivity index (χ3v) is 4.85. The minimum Gasteiger partial charge on any atom is -0.396 e. The molecule has 0 bridgehead atoms. The molecule has 2 nitrogen and oxygen atoms in total. The molecule has 20 heavy (non-hydrogen) atoms. The van der Waals surface area contributed by atoms with Gasteiger partial charge in [0.2, 0.25) is 0 Å². The highest BCUT2D eigenvalue weighted by Crippen LogP contribution is 2.28. The molecule has 1 fully saturated rings. The van der Waals surface area contributed by atoms with E-state index in [9.17, 15) is 0 Å². The highest BCUT2D eigenvalue weighted by molar-refractivity contribution is 5.23. The van der Waals surface area contributed by atoms with Gasteiger partial charge in [0.1, 0.15) is 0 Å². The summed E-state index contributed by atoms with van der Waals surface area (Å²) in [7, 11) is 0. The van der Waals surface area contributed by atoms with E-state index in [-0.39, 0.29) is 5.41 Å². The maximum atomic E-state index is 9.01. The van der Waals surface area contributed by atoms with Crippen molar-refractivity contribution in [3.05, 3.63) is 35.9 Å². The average molecular weight is 275 g/mol.